The number of nitro benzene ring substituents is 1. The molecule has 0 radical (unpaired) electrons. The molecule has 1 rings (SSSR count). The molecule has 1 aromatic rings. The first-order valence-corrected chi connectivity index (χ1v) is 6.00. The molecule has 0 heterocycles. The zero-order chi connectivity index (χ0) is 15.1. The van der Waals surface area contributed by atoms with E-state index in [4.69, 9.17) is 10.6 Å². The van der Waals surface area contributed by atoms with Gasteiger partial charge in [0.2, 0.25) is 0 Å². The summed E-state index contributed by atoms with van der Waals surface area (Å²) in [6.45, 7) is 1.02. The van der Waals surface area contributed by atoms with Crippen molar-refractivity contribution in [2.75, 3.05) is 32.7 Å². The Balaban J connectivity index is 2.94. The Morgan fingerprint density at radius 3 is 2.80 bits per heavy atom. The van der Waals surface area contributed by atoms with Gasteiger partial charge in [-0.25, -0.2) is 0 Å². The van der Waals surface area contributed by atoms with Crippen molar-refractivity contribution in [3.63, 3.8) is 0 Å². The summed E-state index contributed by atoms with van der Waals surface area (Å²) in [5, 5.41) is 10.8. The third kappa shape index (κ3) is 3.90. The highest BCUT2D eigenvalue weighted by atomic mass is 16.6. The van der Waals surface area contributed by atoms with Gasteiger partial charge in [0.15, 0.2) is 0 Å². The number of benzene rings is 1. The van der Waals surface area contributed by atoms with E-state index in [9.17, 15) is 14.9 Å². The quantitative estimate of drug-likeness (QED) is 0.334. The molecular formula is C12H18N4O4. The number of nitrogen functional groups attached to an aromatic ring is 1. The number of hydrazine groups is 1. The number of carbonyl (C=O) groups is 1. The minimum atomic E-state index is -0.554. The number of ether oxygens (including phenoxy) is 1. The standard InChI is InChI=1S/C12H18N4O4/c1-15(6-3-7-20-2)12(17)10-8-9(16(18)19)4-5-11(10)14-13/h4-5,8,14H,3,6-7,13H2,1-2H3. The van der Waals surface area contributed by atoms with Crippen LogP contribution in [0, 0.1) is 10.1 Å². The molecule has 8 nitrogen and oxygen atoms in total. The van der Waals surface area contributed by atoms with Crippen LogP contribution in [0.15, 0.2) is 18.2 Å². The zero-order valence-electron chi connectivity index (χ0n) is 11.5. The molecule has 1 amide bonds. The Labute approximate surface area is 116 Å². The van der Waals surface area contributed by atoms with Crippen LogP contribution in [0.5, 0.6) is 0 Å². The molecule has 0 aliphatic heterocycles. The summed E-state index contributed by atoms with van der Waals surface area (Å²) in [4.78, 5) is 23.9. The maximum absolute atomic E-state index is 12.3. The van der Waals surface area contributed by atoms with Crippen LogP contribution in [-0.2, 0) is 4.74 Å². The van der Waals surface area contributed by atoms with Crippen LogP contribution in [0.3, 0.4) is 0 Å². The first-order chi connectivity index (χ1) is 9.51. The molecule has 0 unspecified atom stereocenters. The van der Waals surface area contributed by atoms with E-state index in [0.29, 0.717) is 25.3 Å². The van der Waals surface area contributed by atoms with Crippen molar-refractivity contribution in [1.29, 1.82) is 0 Å². The van der Waals surface area contributed by atoms with E-state index in [1.165, 1.54) is 23.1 Å². The molecule has 0 aliphatic carbocycles. The van der Waals surface area contributed by atoms with E-state index in [2.05, 4.69) is 5.43 Å². The fourth-order valence-corrected chi connectivity index (χ4v) is 1.70. The third-order valence-electron chi connectivity index (χ3n) is 2.79. The van der Waals surface area contributed by atoms with Crippen molar-refractivity contribution in [1.82, 2.24) is 4.90 Å². The largest absolute Gasteiger partial charge is 0.385 e. The molecule has 0 bridgehead atoms. The predicted molar refractivity (Wildman–Crippen MR) is 74.4 cm³/mol. The lowest BCUT2D eigenvalue weighted by Gasteiger charge is -2.18. The number of carbonyl (C=O) groups excluding carboxylic acids is 1. The summed E-state index contributed by atoms with van der Waals surface area (Å²) < 4.78 is 4.91. The van der Waals surface area contributed by atoms with Gasteiger partial charge in [0.05, 0.1) is 16.2 Å². The second kappa shape index (κ2) is 7.41. The fraction of sp³-hybridized carbons (Fsp3) is 0.417. The summed E-state index contributed by atoms with van der Waals surface area (Å²) in [6, 6.07) is 3.91. The number of nitrogens with zero attached hydrogens (tertiary/aromatic N) is 2. The molecule has 0 aromatic heterocycles. The molecule has 0 atom stereocenters. The van der Waals surface area contributed by atoms with Crippen molar-refractivity contribution in [3.8, 4) is 0 Å². The van der Waals surface area contributed by atoms with Crippen LogP contribution in [0.2, 0.25) is 0 Å². The lowest BCUT2D eigenvalue weighted by Crippen LogP contribution is -2.29. The first-order valence-electron chi connectivity index (χ1n) is 6.00. The van der Waals surface area contributed by atoms with E-state index in [1.54, 1.807) is 14.2 Å². The van der Waals surface area contributed by atoms with Crippen molar-refractivity contribution in [2.24, 2.45) is 5.84 Å². The number of rotatable bonds is 7. The number of hydrogen-bond acceptors (Lipinski definition) is 6. The minimum Gasteiger partial charge on any atom is -0.385 e. The van der Waals surface area contributed by atoms with Crippen molar-refractivity contribution in [2.45, 2.75) is 6.42 Å². The second-order valence-corrected chi connectivity index (χ2v) is 4.20. The highest BCUT2D eigenvalue weighted by Gasteiger charge is 2.19. The molecule has 20 heavy (non-hydrogen) atoms. The van der Waals surface area contributed by atoms with Gasteiger partial charge in [-0.3, -0.25) is 20.8 Å². The molecule has 8 heteroatoms. The molecule has 0 spiro atoms. The van der Waals surface area contributed by atoms with Crippen molar-refractivity contribution < 1.29 is 14.5 Å². The molecular weight excluding hydrogens is 264 g/mol. The van der Waals surface area contributed by atoms with Gasteiger partial charge < -0.3 is 15.1 Å². The summed E-state index contributed by atoms with van der Waals surface area (Å²) in [5.41, 5.74) is 2.73. The van der Waals surface area contributed by atoms with Gasteiger partial charge in [0.1, 0.15) is 0 Å². The Morgan fingerprint density at radius 2 is 2.25 bits per heavy atom. The van der Waals surface area contributed by atoms with Gasteiger partial charge in [-0.1, -0.05) is 0 Å². The van der Waals surface area contributed by atoms with Crippen LogP contribution in [-0.4, -0.2) is 43.0 Å². The molecule has 110 valence electrons. The second-order valence-electron chi connectivity index (χ2n) is 4.20. The maximum Gasteiger partial charge on any atom is 0.270 e. The van der Waals surface area contributed by atoms with Gasteiger partial charge in [-0.05, 0) is 12.5 Å². The van der Waals surface area contributed by atoms with Gasteiger partial charge in [-0.15, -0.1) is 0 Å². The van der Waals surface area contributed by atoms with Crippen LogP contribution in [0.4, 0.5) is 11.4 Å². The van der Waals surface area contributed by atoms with E-state index in [-0.39, 0.29) is 17.2 Å². The van der Waals surface area contributed by atoms with Crippen LogP contribution in [0.25, 0.3) is 0 Å². The van der Waals surface area contributed by atoms with E-state index < -0.39 is 4.92 Å². The Morgan fingerprint density at radius 1 is 1.55 bits per heavy atom. The number of amides is 1. The molecule has 0 fully saturated rings. The summed E-state index contributed by atoms with van der Waals surface area (Å²) in [7, 11) is 3.20. The Kier molecular flexibility index (Phi) is 5.88. The average Bonchev–Trinajstić information content (AvgIpc) is 2.45. The fourth-order valence-electron chi connectivity index (χ4n) is 1.70. The Hall–Kier alpha value is -2.19. The van der Waals surface area contributed by atoms with Crippen molar-refractivity contribution in [3.05, 3.63) is 33.9 Å². The highest BCUT2D eigenvalue weighted by Crippen LogP contribution is 2.22. The molecule has 0 aliphatic rings. The summed E-state index contributed by atoms with van der Waals surface area (Å²) in [6.07, 6.45) is 0.680. The van der Waals surface area contributed by atoms with E-state index in [1.807, 2.05) is 0 Å². The van der Waals surface area contributed by atoms with E-state index >= 15 is 0 Å². The molecule has 1 aromatic carbocycles. The van der Waals surface area contributed by atoms with E-state index in [0.717, 1.165) is 0 Å². The molecule has 0 saturated heterocycles. The summed E-state index contributed by atoms with van der Waals surface area (Å²) in [5.74, 6) is 4.99. The van der Waals surface area contributed by atoms with Crippen LogP contribution < -0.4 is 11.3 Å². The lowest BCUT2D eigenvalue weighted by molar-refractivity contribution is -0.384. The van der Waals surface area contributed by atoms with Gasteiger partial charge in [0, 0.05) is 39.4 Å². The number of nitrogens with one attached hydrogen (secondary N) is 1. The number of non-ortho nitro benzene ring substituents is 1. The van der Waals surface area contributed by atoms with Gasteiger partial charge in [-0.2, -0.15) is 0 Å². The number of anilines is 1. The minimum absolute atomic E-state index is 0.155. The number of nitrogens with two attached hydrogens (primary N) is 1. The van der Waals surface area contributed by atoms with Gasteiger partial charge in [0.25, 0.3) is 11.6 Å². The third-order valence-corrected chi connectivity index (χ3v) is 2.79. The predicted octanol–water partition coefficient (Wildman–Crippen LogP) is 0.989. The topological polar surface area (TPSA) is 111 Å². The number of methoxy groups -OCH3 is 1. The van der Waals surface area contributed by atoms with Crippen LogP contribution in [0.1, 0.15) is 16.8 Å². The molecule has 0 saturated carbocycles. The Bertz CT molecular complexity index is 492. The van der Waals surface area contributed by atoms with Crippen molar-refractivity contribution >= 4 is 17.3 Å². The van der Waals surface area contributed by atoms with Gasteiger partial charge >= 0.3 is 0 Å². The lowest BCUT2D eigenvalue weighted by atomic mass is 10.1. The average molecular weight is 282 g/mol. The summed E-state index contributed by atoms with van der Waals surface area (Å²) >= 11 is 0. The number of hydrogen-bond donors (Lipinski definition) is 2. The monoisotopic (exact) mass is 282 g/mol. The first kappa shape index (κ1) is 15.9. The highest BCUT2D eigenvalue weighted by molar-refractivity contribution is 6.00. The zero-order valence-corrected chi connectivity index (χ0v) is 11.5. The number of nitro groups is 1. The smallest absolute Gasteiger partial charge is 0.270 e. The molecule has 3 N–H and O–H groups in total. The normalized spacial score (nSPS) is 10.2. The van der Waals surface area contributed by atoms with Crippen LogP contribution >= 0.6 is 0 Å². The SMILES string of the molecule is COCCCN(C)C(=O)c1cc([N+](=O)[O-])ccc1NN. The maximum atomic E-state index is 12.3.